The molecule has 0 saturated heterocycles. The van der Waals surface area contributed by atoms with Gasteiger partial charge in [-0.25, -0.2) is 18.6 Å². The highest BCUT2D eigenvalue weighted by Gasteiger charge is 2.30. The van der Waals surface area contributed by atoms with E-state index in [1.165, 1.54) is 6.07 Å². The van der Waals surface area contributed by atoms with Crippen LogP contribution in [0.2, 0.25) is 0 Å². The molecule has 0 aliphatic carbocycles. The Morgan fingerprint density at radius 2 is 1.81 bits per heavy atom. The number of ether oxygens (including phenoxy) is 1. The zero-order valence-electron chi connectivity index (χ0n) is 16.1. The van der Waals surface area contributed by atoms with Gasteiger partial charge in [0.2, 0.25) is 0 Å². The molecule has 0 saturated carbocycles. The van der Waals surface area contributed by atoms with Gasteiger partial charge in [-0.05, 0) is 60.6 Å². The highest BCUT2D eigenvalue weighted by Crippen LogP contribution is 2.27. The average molecular weight is 391 g/mol. The number of carbonyl (C=O) groups excluding carboxylic acids is 1. The van der Waals surface area contributed by atoms with Crippen LogP contribution in [-0.2, 0) is 16.1 Å². The number of carbonyl (C=O) groups is 1. The molecule has 0 aliphatic rings. The molecule has 148 valence electrons. The standard InChI is InChI=1S/C17H27F2N3O3S/c1-10(22-26(24)17(5,6)7)13-11(8-9-12(20-13)14(18)19)21-15(23)25-16(2,3)4/h8-10,14,22H,1-7H3,(H,21,23)/t10-,26+/m1/s1. The summed E-state index contributed by atoms with van der Waals surface area (Å²) >= 11 is -1.44. The molecular formula is C17H27F2N3O3S. The van der Waals surface area contributed by atoms with Gasteiger partial charge in [0.05, 0.1) is 17.4 Å². The number of amides is 1. The maximum absolute atomic E-state index is 13.0. The summed E-state index contributed by atoms with van der Waals surface area (Å²) in [7, 11) is 0. The van der Waals surface area contributed by atoms with Gasteiger partial charge in [-0.3, -0.25) is 5.32 Å². The average Bonchev–Trinajstić information content (AvgIpc) is 2.43. The summed E-state index contributed by atoms with van der Waals surface area (Å²) in [4.78, 5) is 16.0. The van der Waals surface area contributed by atoms with Crippen molar-refractivity contribution in [2.45, 2.75) is 71.3 Å². The number of pyridine rings is 1. The zero-order chi connectivity index (χ0) is 20.3. The van der Waals surface area contributed by atoms with Crippen LogP contribution in [-0.4, -0.2) is 26.0 Å². The molecule has 1 heterocycles. The molecule has 0 unspecified atom stereocenters. The van der Waals surface area contributed by atoms with Crippen molar-refractivity contribution in [1.29, 1.82) is 0 Å². The first-order valence-corrected chi connectivity index (χ1v) is 9.32. The van der Waals surface area contributed by atoms with Gasteiger partial charge in [0.1, 0.15) is 16.0 Å². The third-order valence-electron chi connectivity index (χ3n) is 3.06. The van der Waals surface area contributed by atoms with Crippen LogP contribution in [0.1, 0.15) is 72.3 Å². The molecule has 0 fully saturated rings. The predicted octanol–water partition coefficient (Wildman–Crippen LogP) is 4.48. The number of hydrogen-bond acceptors (Lipinski definition) is 5. The Morgan fingerprint density at radius 3 is 2.27 bits per heavy atom. The lowest BCUT2D eigenvalue weighted by Crippen LogP contribution is -2.41. The third kappa shape index (κ3) is 7.05. The quantitative estimate of drug-likeness (QED) is 0.723. The SMILES string of the molecule is C[C@@H](N[S@@+]([O-])C(C)(C)C)c1nc(C(F)F)ccc1NC(=O)OC(C)(C)C. The molecule has 0 spiro atoms. The second kappa shape index (κ2) is 8.49. The van der Waals surface area contributed by atoms with Crippen LogP contribution < -0.4 is 10.0 Å². The normalized spacial score (nSPS) is 14.9. The monoisotopic (exact) mass is 391 g/mol. The summed E-state index contributed by atoms with van der Waals surface area (Å²) in [6.45, 7) is 12.1. The lowest BCUT2D eigenvalue weighted by molar-refractivity contribution is 0.0635. The molecule has 1 rings (SSSR count). The largest absolute Gasteiger partial charge is 0.598 e. The summed E-state index contributed by atoms with van der Waals surface area (Å²) in [5, 5.41) is 2.52. The fourth-order valence-electron chi connectivity index (χ4n) is 1.85. The van der Waals surface area contributed by atoms with Crippen LogP contribution in [0.3, 0.4) is 0 Å². The fraction of sp³-hybridized carbons (Fsp3) is 0.647. The van der Waals surface area contributed by atoms with Gasteiger partial charge in [-0.2, -0.15) is 0 Å². The van der Waals surface area contributed by atoms with Gasteiger partial charge in [0, 0.05) is 11.4 Å². The van der Waals surface area contributed by atoms with E-state index >= 15 is 0 Å². The number of nitrogens with zero attached hydrogens (tertiary/aromatic N) is 1. The van der Waals surface area contributed by atoms with Crippen molar-refractivity contribution in [1.82, 2.24) is 9.71 Å². The van der Waals surface area contributed by atoms with Crippen LogP contribution in [0.25, 0.3) is 0 Å². The van der Waals surface area contributed by atoms with Gasteiger partial charge in [-0.1, -0.05) is 0 Å². The van der Waals surface area contributed by atoms with Gasteiger partial charge < -0.3 is 9.29 Å². The van der Waals surface area contributed by atoms with Crippen molar-refractivity contribution in [2.24, 2.45) is 0 Å². The Kier molecular flexibility index (Phi) is 7.38. The number of nitrogens with one attached hydrogen (secondary N) is 2. The highest BCUT2D eigenvalue weighted by molar-refractivity contribution is 7.90. The van der Waals surface area contributed by atoms with E-state index in [4.69, 9.17) is 4.74 Å². The predicted molar refractivity (Wildman–Crippen MR) is 98.5 cm³/mol. The van der Waals surface area contributed by atoms with Crippen molar-refractivity contribution in [3.8, 4) is 0 Å². The van der Waals surface area contributed by atoms with E-state index in [1.807, 2.05) is 0 Å². The Balaban J connectivity index is 3.12. The molecule has 1 aromatic heterocycles. The van der Waals surface area contributed by atoms with Gasteiger partial charge in [-0.15, -0.1) is 4.72 Å². The molecule has 0 aromatic carbocycles. The fourth-order valence-corrected chi connectivity index (χ4v) is 2.64. The molecular weight excluding hydrogens is 364 g/mol. The van der Waals surface area contributed by atoms with E-state index in [1.54, 1.807) is 48.5 Å². The zero-order valence-corrected chi connectivity index (χ0v) is 17.0. The minimum atomic E-state index is -2.76. The number of hydrogen-bond donors (Lipinski definition) is 2. The summed E-state index contributed by atoms with van der Waals surface area (Å²) in [5.74, 6) is 0. The summed E-state index contributed by atoms with van der Waals surface area (Å²) in [6, 6.07) is 1.83. The maximum Gasteiger partial charge on any atom is 0.412 e. The first-order valence-electron chi connectivity index (χ1n) is 8.17. The number of rotatable bonds is 5. The summed E-state index contributed by atoms with van der Waals surface area (Å²) in [6.07, 6.45) is -3.49. The van der Waals surface area contributed by atoms with E-state index in [-0.39, 0.29) is 11.4 Å². The van der Waals surface area contributed by atoms with E-state index in [0.29, 0.717) is 0 Å². The number of halogens is 2. The molecule has 1 amide bonds. The van der Waals surface area contributed by atoms with Crippen LogP contribution in [0.4, 0.5) is 19.3 Å². The molecule has 1 aromatic rings. The minimum Gasteiger partial charge on any atom is -0.598 e. The van der Waals surface area contributed by atoms with E-state index in [9.17, 15) is 18.1 Å². The third-order valence-corrected chi connectivity index (χ3v) is 4.74. The topological polar surface area (TPSA) is 86.3 Å². The van der Waals surface area contributed by atoms with Crippen LogP contribution in [0.5, 0.6) is 0 Å². The smallest absolute Gasteiger partial charge is 0.412 e. The van der Waals surface area contributed by atoms with Gasteiger partial charge >= 0.3 is 6.09 Å². The lowest BCUT2D eigenvalue weighted by Gasteiger charge is -2.27. The van der Waals surface area contributed by atoms with Crippen LogP contribution >= 0.6 is 0 Å². The van der Waals surface area contributed by atoms with Crippen LogP contribution in [0, 0.1) is 0 Å². The van der Waals surface area contributed by atoms with Gasteiger partial charge in [0.15, 0.2) is 0 Å². The Labute approximate surface area is 156 Å². The molecule has 0 radical (unpaired) electrons. The molecule has 26 heavy (non-hydrogen) atoms. The molecule has 9 heteroatoms. The number of anilines is 1. The van der Waals surface area contributed by atoms with Crippen molar-refractivity contribution < 1.29 is 22.9 Å². The second-order valence-electron chi connectivity index (χ2n) is 7.82. The highest BCUT2D eigenvalue weighted by atomic mass is 32.2. The van der Waals surface area contributed by atoms with Crippen molar-refractivity contribution >= 4 is 23.1 Å². The Bertz CT molecular complexity index is 631. The van der Waals surface area contributed by atoms with Gasteiger partial charge in [0.25, 0.3) is 6.43 Å². The van der Waals surface area contributed by atoms with E-state index < -0.39 is 46.0 Å². The number of alkyl halides is 2. The van der Waals surface area contributed by atoms with Crippen molar-refractivity contribution in [3.05, 3.63) is 23.5 Å². The Hall–Kier alpha value is -1.45. The van der Waals surface area contributed by atoms with Crippen molar-refractivity contribution in [3.63, 3.8) is 0 Å². The summed E-state index contributed by atoms with van der Waals surface area (Å²) < 4.78 is 45.8. The maximum atomic E-state index is 13.0. The minimum absolute atomic E-state index is 0.159. The Morgan fingerprint density at radius 1 is 1.23 bits per heavy atom. The first-order chi connectivity index (χ1) is 11.7. The second-order valence-corrected chi connectivity index (χ2v) is 9.82. The van der Waals surface area contributed by atoms with E-state index in [2.05, 4.69) is 15.0 Å². The molecule has 0 aliphatic heterocycles. The summed E-state index contributed by atoms with van der Waals surface area (Å²) in [5.41, 5.74) is -0.760. The molecule has 0 bridgehead atoms. The lowest BCUT2D eigenvalue weighted by atomic mass is 10.1. The van der Waals surface area contributed by atoms with E-state index in [0.717, 1.165) is 6.07 Å². The number of aromatic nitrogens is 1. The molecule has 2 N–H and O–H groups in total. The molecule has 6 nitrogen and oxygen atoms in total. The van der Waals surface area contributed by atoms with Crippen LogP contribution in [0.15, 0.2) is 12.1 Å². The first kappa shape index (κ1) is 22.6. The molecule has 2 atom stereocenters. The van der Waals surface area contributed by atoms with Crippen molar-refractivity contribution in [2.75, 3.05) is 5.32 Å².